The van der Waals surface area contributed by atoms with Crippen molar-refractivity contribution in [2.75, 3.05) is 6.61 Å². The molecule has 0 saturated heterocycles. The molecule has 0 aliphatic heterocycles. The van der Waals surface area contributed by atoms with Crippen molar-refractivity contribution in [3.05, 3.63) is 36.5 Å². The number of hydrogen-bond donors (Lipinski definition) is 3. The first-order chi connectivity index (χ1) is 28.7. The molecule has 0 aliphatic carbocycles. The van der Waals surface area contributed by atoms with Crippen LogP contribution < -0.4 is 5.32 Å². The molecule has 0 fully saturated rings. The number of hydrogen-bond acceptors (Lipinski definition) is 3. The van der Waals surface area contributed by atoms with Crippen molar-refractivity contribution in [3.8, 4) is 0 Å². The molecule has 58 heavy (non-hydrogen) atoms. The number of amides is 1. The van der Waals surface area contributed by atoms with Crippen molar-refractivity contribution in [2.24, 2.45) is 0 Å². The fraction of sp³-hybridized carbons (Fsp3) is 0.870. The second-order valence-electron chi connectivity index (χ2n) is 17.9. The Morgan fingerprint density at radius 1 is 0.397 bits per heavy atom. The predicted molar refractivity (Wildman–Crippen MR) is 258 cm³/mol. The molecule has 0 heterocycles. The van der Waals surface area contributed by atoms with Crippen molar-refractivity contribution in [2.45, 2.75) is 296 Å². The van der Waals surface area contributed by atoms with Crippen molar-refractivity contribution < 1.29 is 15.0 Å². The first kappa shape index (κ1) is 56.6. The predicted octanol–water partition coefficient (Wildman–Crippen LogP) is 16.9. The van der Waals surface area contributed by atoms with Gasteiger partial charge in [-0.1, -0.05) is 256 Å². The first-order valence-electron chi connectivity index (χ1n) is 26.2. The third kappa shape index (κ3) is 45.7. The minimum absolute atomic E-state index is 0.0728. The Morgan fingerprint density at radius 3 is 1.00 bits per heavy atom. The Bertz CT molecular complexity index is 882. The van der Waals surface area contributed by atoms with Crippen LogP contribution in [0, 0.1) is 0 Å². The molecule has 0 saturated carbocycles. The van der Waals surface area contributed by atoms with Crippen LogP contribution in [-0.4, -0.2) is 34.9 Å². The Labute approximate surface area is 363 Å². The van der Waals surface area contributed by atoms with Gasteiger partial charge in [0.25, 0.3) is 0 Å². The van der Waals surface area contributed by atoms with Gasteiger partial charge >= 0.3 is 0 Å². The van der Waals surface area contributed by atoms with Gasteiger partial charge in [-0.05, 0) is 57.8 Å². The van der Waals surface area contributed by atoms with Crippen LogP contribution in [0.3, 0.4) is 0 Å². The number of carbonyl (C=O) groups is 1. The molecule has 0 spiro atoms. The largest absolute Gasteiger partial charge is 0.394 e. The summed E-state index contributed by atoms with van der Waals surface area (Å²) < 4.78 is 0. The maximum absolute atomic E-state index is 12.4. The lowest BCUT2D eigenvalue weighted by Crippen LogP contribution is -2.45. The van der Waals surface area contributed by atoms with E-state index in [0.29, 0.717) is 6.42 Å². The van der Waals surface area contributed by atoms with Gasteiger partial charge in [-0.2, -0.15) is 0 Å². The zero-order valence-electron chi connectivity index (χ0n) is 39.3. The van der Waals surface area contributed by atoms with Crippen molar-refractivity contribution in [3.63, 3.8) is 0 Å². The van der Waals surface area contributed by atoms with E-state index in [9.17, 15) is 15.0 Å². The van der Waals surface area contributed by atoms with Gasteiger partial charge in [-0.25, -0.2) is 0 Å². The molecule has 4 heteroatoms. The maximum Gasteiger partial charge on any atom is 0.220 e. The Hall–Kier alpha value is -1.39. The zero-order chi connectivity index (χ0) is 42.1. The fourth-order valence-electron chi connectivity index (χ4n) is 8.07. The molecule has 0 rings (SSSR count). The van der Waals surface area contributed by atoms with Crippen LogP contribution in [0.2, 0.25) is 0 Å². The number of aliphatic hydroxyl groups excluding tert-OH is 2. The third-order valence-corrected chi connectivity index (χ3v) is 12.1. The van der Waals surface area contributed by atoms with Crippen molar-refractivity contribution >= 4 is 5.91 Å². The van der Waals surface area contributed by atoms with E-state index in [-0.39, 0.29) is 12.5 Å². The highest BCUT2D eigenvalue weighted by Crippen LogP contribution is 2.16. The smallest absolute Gasteiger partial charge is 0.220 e. The molecule has 2 unspecified atom stereocenters. The lowest BCUT2D eigenvalue weighted by Gasteiger charge is -2.19. The summed E-state index contributed by atoms with van der Waals surface area (Å²) in [6, 6.07) is -0.640. The Morgan fingerprint density at radius 2 is 0.672 bits per heavy atom. The number of rotatable bonds is 48. The number of nitrogens with one attached hydrogen (secondary N) is 1. The van der Waals surface area contributed by atoms with Gasteiger partial charge in [0.1, 0.15) is 0 Å². The fourth-order valence-corrected chi connectivity index (χ4v) is 8.07. The van der Waals surface area contributed by atoms with Gasteiger partial charge in [0.05, 0.1) is 18.8 Å². The van der Waals surface area contributed by atoms with Crippen LogP contribution in [0.5, 0.6) is 0 Å². The minimum Gasteiger partial charge on any atom is -0.394 e. The number of unbranched alkanes of at least 4 members (excludes halogenated alkanes) is 37. The van der Waals surface area contributed by atoms with E-state index in [2.05, 4.69) is 43.5 Å². The molecule has 342 valence electrons. The lowest BCUT2D eigenvalue weighted by atomic mass is 10.0. The second-order valence-corrected chi connectivity index (χ2v) is 17.9. The van der Waals surface area contributed by atoms with Gasteiger partial charge < -0.3 is 15.5 Å². The van der Waals surface area contributed by atoms with Gasteiger partial charge in [0.15, 0.2) is 0 Å². The second kappa shape index (κ2) is 50.0. The summed E-state index contributed by atoms with van der Waals surface area (Å²) in [4.78, 5) is 12.4. The molecule has 2 atom stereocenters. The van der Waals surface area contributed by atoms with Gasteiger partial charge in [0, 0.05) is 6.42 Å². The van der Waals surface area contributed by atoms with Crippen LogP contribution >= 0.6 is 0 Å². The average Bonchev–Trinajstić information content (AvgIpc) is 3.23. The lowest BCUT2D eigenvalue weighted by molar-refractivity contribution is -0.123. The first-order valence-corrected chi connectivity index (χ1v) is 26.2. The van der Waals surface area contributed by atoms with Crippen LogP contribution in [0.25, 0.3) is 0 Å². The normalized spacial score (nSPS) is 13.1. The van der Waals surface area contributed by atoms with E-state index in [1.165, 1.54) is 231 Å². The molecule has 0 aromatic rings. The number of aliphatic hydroxyl groups is 2. The van der Waals surface area contributed by atoms with Crippen LogP contribution in [0.15, 0.2) is 36.5 Å². The number of carbonyl (C=O) groups excluding carboxylic acids is 1. The molecule has 1 amide bonds. The molecule has 0 aliphatic rings. The van der Waals surface area contributed by atoms with Crippen molar-refractivity contribution in [1.29, 1.82) is 0 Å². The highest BCUT2D eigenvalue weighted by Gasteiger charge is 2.17. The van der Waals surface area contributed by atoms with Crippen molar-refractivity contribution in [1.82, 2.24) is 5.32 Å². The summed E-state index contributed by atoms with van der Waals surface area (Å²) in [6.45, 7) is 4.32. The van der Waals surface area contributed by atoms with E-state index in [1.807, 2.05) is 6.08 Å². The molecule has 3 N–H and O–H groups in total. The van der Waals surface area contributed by atoms with Crippen LogP contribution in [0.1, 0.15) is 284 Å². The molecular weight excluding hydrogens is 711 g/mol. The average molecular weight is 814 g/mol. The van der Waals surface area contributed by atoms with E-state index in [1.54, 1.807) is 6.08 Å². The summed E-state index contributed by atoms with van der Waals surface area (Å²) in [5, 5.41) is 23.1. The summed E-state index contributed by atoms with van der Waals surface area (Å²) in [5.41, 5.74) is 0. The molecule has 0 bridgehead atoms. The SMILES string of the molecule is CCCCCCCCCCCCCC/C=C\CCCCCCCCCCCC(=O)NC(CO)C(O)/C=C/CC/C=C/CCCCCCCCCCCCCCCCC. The highest BCUT2D eigenvalue weighted by atomic mass is 16.3. The molecule has 0 radical (unpaired) electrons. The molecule has 0 aromatic carbocycles. The maximum atomic E-state index is 12.4. The Kier molecular flexibility index (Phi) is 48.8. The summed E-state index contributed by atoms with van der Waals surface area (Å²) >= 11 is 0. The standard InChI is InChI=1S/C54H103NO3/c1-3-5-7-9-11-13-15-17-19-21-23-25-26-27-28-30-32-34-36-38-40-42-44-46-48-50-54(58)55-52(51-56)53(57)49-47-45-43-41-39-37-35-33-31-29-24-22-20-18-16-14-12-10-8-6-4-2/h27-28,39,41,47,49,52-53,56-57H,3-26,29-38,40,42-46,48,50-51H2,1-2H3,(H,55,58)/b28-27-,41-39+,49-47+. The molecular formula is C54H103NO3. The van der Waals surface area contributed by atoms with E-state index in [4.69, 9.17) is 0 Å². The van der Waals surface area contributed by atoms with E-state index in [0.717, 1.165) is 32.1 Å². The summed E-state index contributed by atoms with van der Waals surface area (Å²) in [7, 11) is 0. The Balaban J connectivity index is 3.54. The quantitative estimate of drug-likeness (QED) is 0.0423. The highest BCUT2D eigenvalue weighted by molar-refractivity contribution is 5.76. The van der Waals surface area contributed by atoms with E-state index < -0.39 is 12.1 Å². The summed E-state index contributed by atoms with van der Waals surface area (Å²) in [5.74, 6) is -0.0728. The van der Waals surface area contributed by atoms with Crippen LogP contribution in [0.4, 0.5) is 0 Å². The summed E-state index contributed by atoms with van der Waals surface area (Å²) in [6.07, 6.45) is 67.2. The van der Waals surface area contributed by atoms with Gasteiger partial charge in [0.2, 0.25) is 5.91 Å². The number of allylic oxidation sites excluding steroid dienone is 5. The molecule has 0 aromatic heterocycles. The van der Waals surface area contributed by atoms with Gasteiger partial charge in [-0.3, -0.25) is 4.79 Å². The topological polar surface area (TPSA) is 69.6 Å². The van der Waals surface area contributed by atoms with Gasteiger partial charge in [-0.15, -0.1) is 0 Å². The zero-order valence-corrected chi connectivity index (χ0v) is 39.3. The minimum atomic E-state index is -0.863. The molecule has 4 nitrogen and oxygen atoms in total. The monoisotopic (exact) mass is 814 g/mol. The third-order valence-electron chi connectivity index (χ3n) is 12.1. The van der Waals surface area contributed by atoms with Crippen LogP contribution in [-0.2, 0) is 4.79 Å². The van der Waals surface area contributed by atoms with E-state index >= 15 is 0 Å².